The lowest BCUT2D eigenvalue weighted by Gasteiger charge is -2.21. The van der Waals surface area contributed by atoms with Crippen LogP contribution in [0.15, 0.2) is 89.0 Å². The zero-order valence-corrected chi connectivity index (χ0v) is 26.3. The van der Waals surface area contributed by atoms with Gasteiger partial charge < -0.3 is 23.5 Å². The molecule has 0 atom stereocenters. The van der Waals surface area contributed by atoms with E-state index in [1.807, 2.05) is 57.2 Å². The van der Waals surface area contributed by atoms with Crippen molar-refractivity contribution in [3.63, 3.8) is 0 Å². The Hall–Kier alpha value is -5.02. The number of ether oxygens (including phenoxy) is 2. The van der Waals surface area contributed by atoms with E-state index in [1.165, 1.54) is 19.2 Å². The summed E-state index contributed by atoms with van der Waals surface area (Å²) >= 11 is 4.57. The Bertz CT molecular complexity index is 1990. The molecule has 0 fully saturated rings. The van der Waals surface area contributed by atoms with Crippen molar-refractivity contribution in [2.24, 2.45) is 0 Å². The third kappa shape index (κ3) is 5.91. The summed E-state index contributed by atoms with van der Waals surface area (Å²) < 4.78 is 33.3. The predicted octanol–water partition coefficient (Wildman–Crippen LogP) is 8.34. The van der Waals surface area contributed by atoms with Gasteiger partial charge >= 0.3 is 0 Å². The molecule has 0 aliphatic carbocycles. The van der Waals surface area contributed by atoms with E-state index in [9.17, 15) is 14.0 Å². The highest BCUT2D eigenvalue weighted by molar-refractivity contribution is 7.81. The minimum Gasteiger partial charge on any atom is -0.488 e. The van der Waals surface area contributed by atoms with Crippen LogP contribution < -0.4 is 19.1 Å². The lowest BCUT2D eigenvalue weighted by Crippen LogP contribution is -2.22. The van der Waals surface area contributed by atoms with Gasteiger partial charge in [-0.15, -0.1) is 0 Å². The summed E-state index contributed by atoms with van der Waals surface area (Å²) in [7, 11) is 3.31. The molecule has 2 heterocycles. The number of carbonyl (C=O) groups excluding carboxylic acids is 2. The van der Waals surface area contributed by atoms with Crippen molar-refractivity contribution in [1.82, 2.24) is 5.32 Å². The molecule has 0 saturated heterocycles. The third-order valence-electron chi connectivity index (χ3n) is 7.30. The van der Waals surface area contributed by atoms with Crippen LogP contribution in [-0.2, 0) is 0 Å². The van der Waals surface area contributed by atoms with Gasteiger partial charge in [-0.1, -0.05) is 31.0 Å². The number of hydrogen-bond donors (Lipinski definition) is 2. The second-order valence-electron chi connectivity index (χ2n) is 11.7. The molecule has 0 saturated carbocycles. The largest absolute Gasteiger partial charge is 0.488 e. The molecule has 0 radical (unpaired) electrons. The second kappa shape index (κ2) is 11.5. The van der Waals surface area contributed by atoms with Crippen LogP contribution in [0.3, 0.4) is 0 Å². The number of anilines is 1. The number of benzene rings is 4. The summed E-state index contributed by atoms with van der Waals surface area (Å²) in [4.78, 5) is 26.6. The average Bonchev–Trinajstić information content (AvgIpc) is 3.53. The number of thiol groups is 1. The van der Waals surface area contributed by atoms with Crippen molar-refractivity contribution in [3.05, 3.63) is 107 Å². The first-order valence-corrected chi connectivity index (χ1v) is 14.7. The van der Waals surface area contributed by atoms with Crippen LogP contribution >= 0.6 is 12.8 Å². The Balaban J connectivity index is 1.40. The predicted molar refractivity (Wildman–Crippen MR) is 178 cm³/mol. The van der Waals surface area contributed by atoms with Crippen molar-refractivity contribution >= 4 is 47.2 Å². The molecule has 228 valence electrons. The molecule has 45 heavy (non-hydrogen) atoms. The molecule has 0 spiro atoms. The molecule has 5 aromatic rings. The van der Waals surface area contributed by atoms with E-state index in [-0.39, 0.29) is 23.1 Å². The normalized spacial score (nSPS) is 13.6. The molecule has 4 aromatic carbocycles. The molecule has 7 nitrogen and oxygen atoms in total. The smallest absolute Gasteiger partial charge is 0.255 e. The number of nitrogens with one attached hydrogen (secondary N) is 1. The van der Waals surface area contributed by atoms with Crippen molar-refractivity contribution < 1.29 is 27.9 Å². The molecular formula is C36H31FN2O5S. The Labute approximate surface area is 265 Å². The summed E-state index contributed by atoms with van der Waals surface area (Å²) in [6, 6.07) is 22.3. The Kier molecular flexibility index (Phi) is 7.66. The van der Waals surface area contributed by atoms with E-state index in [2.05, 4.69) is 18.1 Å². The van der Waals surface area contributed by atoms with Crippen LogP contribution in [-0.4, -0.2) is 31.4 Å². The van der Waals surface area contributed by atoms with E-state index < -0.39 is 5.82 Å². The number of fused-ring (bicyclic) bond motifs is 2. The lowest BCUT2D eigenvalue weighted by atomic mass is 9.96. The fourth-order valence-corrected chi connectivity index (χ4v) is 5.45. The molecule has 1 aliphatic heterocycles. The lowest BCUT2D eigenvalue weighted by molar-refractivity contribution is 0.0963. The number of hydrogen-bond acceptors (Lipinski definition) is 7. The van der Waals surface area contributed by atoms with E-state index in [0.717, 1.165) is 22.4 Å². The molecular weight excluding hydrogens is 591 g/mol. The van der Waals surface area contributed by atoms with Gasteiger partial charge in [0.05, 0.1) is 16.8 Å². The first kappa shape index (κ1) is 30.0. The standard InChI is InChI=1S/C36H31FN2O5S/c1-36(2,3)44-24-13-6-20(7-14-24)16-31-33(40)27-17-22(10-15-29(27)42-31)25-18-26-30(19-28(25)39(5)45)43-34(32(26)35(41)38-4)21-8-11-23(37)12-9-21/h6-19,45H,1-5H3,(H,38,41)/b31-16+. The number of nitrogens with zero attached hydrogens (tertiary/aromatic N) is 1. The highest BCUT2D eigenvalue weighted by Crippen LogP contribution is 2.43. The van der Waals surface area contributed by atoms with Gasteiger partial charge in [0.15, 0.2) is 5.76 Å². The Morgan fingerprint density at radius 3 is 2.29 bits per heavy atom. The van der Waals surface area contributed by atoms with E-state index in [4.69, 9.17) is 13.9 Å². The number of Topliss-reactive ketones (excluding diaryl/α,β-unsaturated/α-hetero) is 1. The minimum absolute atomic E-state index is 0.217. The van der Waals surface area contributed by atoms with Gasteiger partial charge in [0.2, 0.25) is 5.78 Å². The highest BCUT2D eigenvalue weighted by atomic mass is 32.1. The van der Waals surface area contributed by atoms with Gasteiger partial charge in [-0.25, -0.2) is 4.39 Å². The summed E-state index contributed by atoms with van der Waals surface area (Å²) in [6.07, 6.45) is 1.71. The number of carbonyl (C=O) groups is 2. The number of ketones is 1. The average molecular weight is 623 g/mol. The molecule has 0 unspecified atom stereocenters. The molecule has 1 aromatic heterocycles. The number of allylic oxidation sites excluding steroid dienone is 1. The molecule has 0 bridgehead atoms. The van der Waals surface area contributed by atoms with Crippen LogP contribution in [0.1, 0.15) is 47.1 Å². The number of amides is 1. The van der Waals surface area contributed by atoms with Crippen molar-refractivity contribution in [2.45, 2.75) is 26.4 Å². The first-order valence-electron chi connectivity index (χ1n) is 14.3. The van der Waals surface area contributed by atoms with Crippen molar-refractivity contribution in [2.75, 3.05) is 18.4 Å². The van der Waals surface area contributed by atoms with Gasteiger partial charge in [0.25, 0.3) is 5.91 Å². The number of furan rings is 1. The zero-order chi connectivity index (χ0) is 32.0. The van der Waals surface area contributed by atoms with E-state index in [1.54, 1.807) is 47.8 Å². The zero-order valence-electron chi connectivity index (χ0n) is 25.4. The summed E-state index contributed by atoms with van der Waals surface area (Å²) in [5.74, 6) is 0.744. The fraction of sp³-hybridized carbons (Fsp3) is 0.167. The second-order valence-corrected chi connectivity index (χ2v) is 12.3. The highest BCUT2D eigenvalue weighted by Gasteiger charge is 2.29. The third-order valence-corrected chi connectivity index (χ3v) is 7.51. The maximum absolute atomic E-state index is 13.7. The van der Waals surface area contributed by atoms with E-state index in [0.29, 0.717) is 44.9 Å². The quantitative estimate of drug-likeness (QED) is 0.146. The molecule has 1 amide bonds. The number of halogens is 1. The van der Waals surface area contributed by atoms with Crippen LogP contribution in [0.5, 0.6) is 11.5 Å². The monoisotopic (exact) mass is 622 g/mol. The van der Waals surface area contributed by atoms with Crippen molar-refractivity contribution in [3.8, 4) is 33.9 Å². The maximum atomic E-state index is 13.7. The summed E-state index contributed by atoms with van der Waals surface area (Å²) in [5, 5.41) is 3.24. The summed E-state index contributed by atoms with van der Waals surface area (Å²) in [5.41, 5.74) is 4.37. The van der Waals surface area contributed by atoms with Gasteiger partial charge in [-0.3, -0.25) is 9.59 Å². The Morgan fingerprint density at radius 2 is 1.64 bits per heavy atom. The van der Waals surface area contributed by atoms with Crippen LogP contribution in [0, 0.1) is 5.82 Å². The van der Waals surface area contributed by atoms with Crippen LogP contribution in [0.2, 0.25) is 0 Å². The molecule has 9 heteroatoms. The van der Waals surface area contributed by atoms with Gasteiger partial charge in [0, 0.05) is 36.7 Å². The summed E-state index contributed by atoms with van der Waals surface area (Å²) in [6.45, 7) is 5.95. The molecule has 1 aliphatic rings. The first-order chi connectivity index (χ1) is 21.4. The van der Waals surface area contributed by atoms with Gasteiger partial charge in [-0.2, -0.15) is 0 Å². The maximum Gasteiger partial charge on any atom is 0.255 e. The topological polar surface area (TPSA) is 81.0 Å². The van der Waals surface area contributed by atoms with Crippen LogP contribution in [0.4, 0.5) is 10.1 Å². The molecule has 1 N–H and O–H groups in total. The number of rotatable bonds is 6. The minimum atomic E-state index is -0.394. The van der Waals surface area contributed by atoms with Crippen LogP contribution in [0.25, 0.3) is 39.5 Å². The van der Waals surface area contributed by atoms with E-state index >= 15 is 0 Å². The fourth-order valence-electron chi connectivity index (χ4n) is 5.28. The molecule has 6 rings (SSSR count). The SMILES string of the molecule is CNC(=O)c1c(-c2ccc(F)cc2)oc2cc(N(C)S)c(-c3ccc4c(c3)C(=O)/C(=C\c3ccc(OC(C)(C)C)cc3)O4)cc12. The van der Waals surface area contributed by atoms with Gasteiger partial charge in [0.1, 0.15) is 34.3 Å². The Morgan fingerprint density at radius 1 is 0.956 bits per heavy atom. The van der Waals surface area contributed by atoms with Crippen molar-refractivity contribution in [1.29, 1.82) is 0 Å². The van der Waals surface area contributed by atoms with Gasteiger partial charge in [-0.05, 0) is 92.6 Å².